The van der Waals surface area contributed by atoms with Crippen LogP contribution in [0.1, 0.15) is 11.1 Å². The summed E-state index contributed by atoms with van der Waals surface area (Å²) in [7, 11) is 0. The van der Waals surface area contributed by atoms with Gasteiger partial charge in [0, 0.05) is 6.07 Å². The number of benzene rings is 2. The fraction of sp³-hybridized carbons (Fsp3) is 0.300. The molecule has 0 unspecified atom stereocenters. The lowest BCUT2D eigenvalue weighted by Crippen LogP contribution is -2.58. The molecule has 0 amide bonds. The zero-order valence-electron chi connectivity index (χ0n) is 14.8. The highest BCUT2D eigenvalue weighted by atomic mass is 16.6. The van der Waals surface area contributed by atoms with Crippen molar-refractivity contribution >= 4 is 12.2 Å². The second-order valence-electron chi connectivity index (χ2n) is 6.53. The molecular formula is C20H22O8. The van der Waals surface area contributed by atoms with Crippen LogP contribution < -0.4 is 4.74 Å². The molecule has 2 aromatic carbocycles. The van der Waals surface area contributed by atoms with Gasteiger partial charge in [-0.15, -0.1) is 0 Å². The van der Waals surface area contributed by atoms with Gasteiger partial charge < -0.3 is 40.1 Å². The normalized spacial score (nSPS) is 27.8. The highest BCUT2D eigenvalue weighted by Crippen LogP contribution is 2.23. The first kappa shape index (κ1) is 20.1. The third-order valence-corrected chi connectivity index (χ3v) is 4.37. The van der Waals surface area contributed by atoms with Gasteiger partial charge in [-0.3, -0.25) is 0 Å². The molecule has 150 valence electrons. The van der Waals surface area contributed by atoms with Crippen LogP contribution in [0, 0.1) is 0 Å². The fourth-order valence-electron chi connectivity index (χ4n) is 2.83. The van der Waals surface area contributed by atoms with Crippen molar-refractivity contribution in [3.63, 3.8) is 0 Å². The average Bonchev–Trinajstić information content (AvgIpc) is 2.66. The Morgan fingerprint density at radius 1 is 0.786 bits per heavy atom. The highest BCUT2D eigenvalue weighted by Gasteiger charge is 2.43. The number of aliphatic hydroxyl groups excluding tert-OH is 4. The lowest BCUT2D eigenvalue weighted by Gasteiger charge is -2.38. The maximum absolute atomic E-state index is 9.89. The Balaban J connectivity index is 1.58. The highest BCUT2D eigenvalue weighted by molar-refractivity contribution is 5.71. The second kappa shape index (κ2) is 8.59. The summed E-state index contributed by atoms with van der Waals surface area (Å²) < 4.78 is 10.6. The molecule has 0 radical (unpaired) electrons. The molecule has 5 atom stereocenters. The quantitative estimate of drug-likeness (QED) is 0.405. The standard InChI is InChI=1S/C20H22O8/c21-13-7-12(8-14(22)9-13)2-1-11-3-5-15(6-4-11)27-10-16-17(23)18(24)19(25)20(26)28-16/h1-9,16-26H,10H2/b2-1-/t16-,17-,18+,19-,20-/m1/s1. The van der Waals surface area contributed by atoms with E-state index in [9.17, 15) is 30.6 Å². The van der Waals surface area contributed by atoms with E-state index in [1.165, 1.54) is 18.2 Å². The molecule has 2 aromatic rings. The summed E-state index contributed by atoms with van der Waals surface area (Å²) in [6.07, 6.45) is -3.56. The van der Waals surface area contributed by atoms with Gasteiger partial charge in [-0.1, -0.05) is 24.3 Å². The molecule has 0 aliphatic carbocycles. The van der Waals surface area contributed by atoms with E-state index in [-0.39, 0.29) is 18.1 Å². The maximum Gasteiger partial charge on any atom is 0.184 e. The van der Waals surface area contributed by atoms with Crippen LogP contribution in [-0.4, -0.2) is 68.0 Å². The van der Waals surface area contributed by atoms with E-state index in [2.05, 4.69) is 0 Å². The zero-order chi connectivity index (χ0) is 20.3. The van der Waals surface area contributed by atoms with Gasteiger partial charge in [-0.2, -0.15) is 0 Å². The number of aromatic hydroxyl groups is 2. The summed E-state index contributed by atoms with van der Waals surface area (Å²) in [5.41, 5.74) is 1.48. The minimum atomic E-state index is -1.60. The maximum atomic E-state index is 9.89. The topological polar surface area (TPSA) is 140 Å². The Morgan fingerprint density at radius 3 is 2.04 bits per heavy atom. The van der Waals surface area contributed by atoms with E-state index in [4.69, 9.17) is 9.47 Å². The summed E-state index contributed by atoms with van der Waals surface area (Å²) in [5, 5.41) is 57.5. The van der Waals surface area contributed by atoms with Crippen LogP contribution in [0.5, 0.6) is 17.2 Å². The lowest BCUT2D eigenvalue weighted by atomic mass is 9.99. The molecule has 1 saturated heterocycles. The van der Waals surface area contributed by atoms with E-state index >= 15 is 0 Å². The first-order valence-electron chi connectivity index (χ1n) is 8.65. The largest absolute Gasteiger partial charge is 0.508 e. The fourth-order valence-corrected chi connectivity index (χ4v) is 2.83. The van der Waals surface area contributed by atoms with Crippen molar-refractivity contribution in [2.24, 2.45) is 0 Å². The number of ether oxygens (including phenoxy) is 2. The van der Waals surface area contributed by atoms with Crippen LogP contribution in [0.4, 0.5) is 0 Å². The number of aliphatic hydroxyl groups is 4. The Morgan fingerprint density at radius 2 is 1.39 bits per heavy atom. The number of hydrogen-bond donors (Lipinski definition) is 6. The van der Waals surface area contributed by atoms with Crippen LogP contribution in [-0.2, 0) is 4.74 Å². The van der Waals surface area contributed by atoms with E-state index in [0.29, 0.717) is 11.3 Å². The Kier molecular flexibility index (Phi) is 6.18. The van der Waals surface area contributed by atoms with Gasteiger partial charge in [0.2, 0.25) is 0 Å². The van der Waals surface area contributed by atoms with Crippen LogP contribution in [0.25, 0.3) is 12.2 Å². The van der Waals surface area contributed by atoms with Crippen LogP contribution in [0.15, 0.2) is 42.5 Å². The van der Waals surface area contributed by atoms with Gasteiger partial charge >= 0.3 is 0 Å². The van der Waals surface area contributed by atoms with E-state index in [1.807, 2.05) is 0 Å². The number of phenols is 2. The summed E-state index contributed by atoms with van der Waals surface area (Å²) in [6, 6.07) is 11.2. The molecule has 1 heterocycles. The molecule has 0 saturated carbocycles. The third-order valence-electron chi connectivity index (χ3n) is 4.37. The van der Waals surface area contributed by atoms with Crippen molar-refractivity contribution in [3.8, 4) is 17.2 Å². The Bertz CT molecular complexity index is 799. The Labute approximate surface area is 161 Å². The number of hydrogen-bond acceptors (Lipinski definition) is 8. The average molecular weight is 390 g/mol. The lowest BCUT2D eigenvalue weighted by molar-refractivity contribution is -0.285. The van der Waals surface area contributed by atoms with Crippen molar-refractivity contribution in [1.29, 1.82) is 0 Å². The second-order valence-corrected chi connectivity index (χ2v) is 6.53. The third kappa shape index (κ3) is 4.80. The van der Waals surface area contributed by atoms with Gasteiger partial charge in [0.05, 0.1) is 0 Å². The molecule has 3 rings (SSSR count). The smallest absolute Gasteiger partial charge is 0.184 e. The van der Waals surface area contributed by atoms with Gasteiger partial charge in [0.1, 0.15) is 48.3 Å². The van der Waals surface area contributed by atoms with Gasteiger partial charge in [-0.05, 0) is 35.4 Å². The minimum absolute atomic E-state index is 0.0294. The van der Waals surface area contributed by atoms with Crippen molar-refractivity contribution in [1.82, 2.24) is 0 Å². The van der Waals surface area contributed by atoms with Crippen LogP contribution in [0.3, 0.4) is 0 Å². The molecule has 0 bridgehead atoms. The molecular weight excluding hydrogens is 368 g/mol. The van der Waals surface area contributed by atoms with E-state index in [1.54, 1.807) is 36.4 Å². The van der Waals surface area contributed by atoms with Crippen LogP contribution in [0.2, 0.25) is 0 Å². The zero-order valence-corrected chi connectivity index (χ0v) is 14.8. The first-order chi connectivity index (χ1) is 13.3. The summed E-state index contributed by atoms with van der Waals surface area (Å²) in [6.45, 7) is -0.125. The molecule has 1 aliphatic heterocycles. The van der Waals surface area contributed by atoms with Gasteiger partial charge in [0.25, 0.3) is 0 Å². The van der Waals surface area contributed by atoms with Gasteiger partial charge in [-0.25, -0.2) is 0 Å². The number of rotatable bonds is 5. The van der Waals surface area contributed by atoms with E-state index in [0.717, 1.165) is 5.56 Å². The monoisotopic (exact) mass is 390 g/mol. The molecule has 0 aromatic heterocycles. The SMILES string of the molecule is Oc1cc(O)cc(/C=C\c2ccc(OC[C@H]3O[C@@H](O)[C@H](O)[C@@H](O)[C@@H]3O)cc2)c1. The summed E-state index contributed by atoms with van der Waals surface area (Å²) in [5.74, 6) is 0.426. The van der Waals surface area contributed by atoms with Crippen molar-refractivity contribution in [3.05, 3.63) is 53.6 Å². The molecule has 8 heteroatoms. The predicted octanol–water partition coefficient (Wildman–Crippen LogP) is 0.447. The predicted molar refractivity (Wildman–Crippen MR) is 99.5 cm³/mol. The molecule has 0 spiro atoms. The van der Waals surface area contributed by atoms with Crippen molar-refractivity contribution in [2.45, 2.75) is 30.7 Å². The molecule has 6 N–H and O–H groups in total. The first-order valence-corrected chi connectivity index (χ1v) is 8.65. The van der Waals surface area contributed by atoms with Crippen LogP contribution >= 0.6 is 0 Å². The molecule has 1 fully saturated rings. The summed E-state index contributed by atoms with van der Waals surface area (Å²) in [4.78, 5) is 0. The molecule has 1 aliphatic rings. The van der Waals surface area contributed by atoms with Crippen molar-refractivity contribution < 1.29 is 40.1 Å². The van der Waals surface area contributed by atoms with Crippen molar-refractivity contribution in [2.75, 3.05) is 6.61 Å². The Hall–Kier alpha value is -2.62. The molecule has 8 nitrogen and oxygen atoms in total. The van der Waals surface area contributed by atoms with Gasteiger partial charge in [0.15, 0.2) is 6.29 Å². The van der Waals surface area contributed by atoms with E-state index < -0.39 is 30.7 Å². The number of phenolic OH excluding ortho intramolecular Hbond substituents is 2. The minimum Gasteiger partial charge on any atom is -0.508 e. The molecule has 28 heavy (non-hydrogen) atoms. The summed E-state index contributed by atoms with van der Waals surface area (Å²) >= 11 is 0.